The van der Waals surface area contributed by atoms with Crippen LogP contribution in [0.1, 0.15) is 46.0 Å². The van der Waals surface area contributed by atoms with Gasteiger partial charge in [0.2, 0.25) is 0 Å². The molecule has 3 atom stereocenters. The highest BCUT2D eigenvalue weighted by molar-refractivity contribution is 4.86. The first-order chi connectivity index (χ1) is 9.20. The van der Waals surface area contributed by atoms with Gasteiger partial charge in [0.25, 0.3) is 0 Å². The van der Waals surface area contributed by atoms with Gasteiger partial charge in [-0.15, -0.1) is 0 Å². The Hall–Kier alpha value is -0.120. The Balaban J connectivity index is 1.74. The highest BCUT2D eigenvalue weighted by Gasteiger charge is 2.28. The molecule has 0 aromatic heterocycles. The van der Waals surface area contributed by atoms with Gasteiger partial charge in [-0.3, -0.25) is 0 Å². The lowest BCUT2D eigenvalue weighted by Gasteiger charge is -2.41. The summed E-state index contributed by atoms with van der Waals surface area (Å²) in [6.45, 7) is 11.0. The smallest absolute Gasteiger partial charge is 0.0220 e. The molecule has 0 aromatic carbocycles. The van der Waals surface area contributed by atoms with Gasteiger partial charge < -0.3 is 15.1 Å². The molecular weight excluding hydrogens is 234 g/mol. The molecule has 3 heteroatoms. The first-order valence-electron chi connectivity index (χ1n) is 8.36. The van der Waals surface area contributed by atoms with E-state index < -0.39 is 0 Å². The molecule has 3 unspecified atom stereocenters. The molecule has 0 spiro atoms. The molecule has 2 aliphatic heterocycles. The van der Waals surface area contributed by atoms with Crippen molar-refractivity contribution in [3.05, 3.63) is 0 Å². The van der Waals surface area contributed by atoms with Crippen molar-refractivity contribution < 1.29 is 0 Å². The van der Waals surface area contributed by atoms with Crippen LogP contribution in [0, 0.1) is 5.92 Å². The first-order valence-corrected chi connectivity index (χ1v) is 8.36. The van der Waals surface area contributed by atoms with Crippen LogP contribution in [-0.2, 0) is 0 Å². The maximum Gasteiger partial charge on any atom is 0.0220 e. The lowest BCUT2D eigenvalue weighted by molar-refractivity contribution is 0.0884. The number of hydrogen-bond acceptors (Lipinski definition) is 3. The van der Waals surface area contributed by atoms with Gasteiger partial charge in [0.05, 0.1) is 0 Å². The molecule has 2 heterocycles. The molecule has 3 nitrogen and oxygen atoms in total. The largest absolute Gasteiger partial charge is 0.314 e. The van der Waals surface area contributed by atoms with Crippen LogP contribution in [0.2, 0.25) is 0 Å². The summed E-state index contributed by atoms with van der Waals surface area (Å²) in [5.74, 6) is 0.800. The Bertz CT molecular complexity index is 256. The SMILES string of the molecule is CCCNC1CCN(CC2CCCCN2C)CC1C. The van der Waals surface area contributed by atoms with Crippen molar-refractivity contribution in [3.63, 3.8) is 0 Å². The van der Waals surface area contributed by atoms with Gasteiger partial charge in [-0.05, 0) is 58.3 Å². The summed E-state index contributed by atoms with van der Waals surface area (Å²) in [5, 5.41) is 3.72. The minimum Gasteiger partial charge on any atom is -0.314 e. The number of piperidine rings is 2. The van der Waals surface area contributed by atoms with Crippen LogP contribution in [0.25, 0.3) is 0 Å². The maximum atomic E-state index is 3.72. The Morgan fingerprint density at radius 1 is 1.16 bits per heavy atom. The summed E-state index contributed by atoms with van der Waals surface area (Å²) in [6.07, 6.45) is 6.81. The van der Waals surface area contributed by atoms with Gasteiger partial charge in [0, 0.05) is 25.2 Å². The second kappa shape index (κ2) is 7.61. The predicted octanol–water partition coefficient (Wildman–Crippen LogP) is 2.18. The number of nitrogens with zero attached hydrogens (tertiary/aromatic N) is 2. The van der Waals surface area contributed by atoms with Crippen molar-refractivity contribution in [2.24, 2.45) is 5.92 Å². The molecule has 2 saturated heterocycles. The number of nitrogens with one attached hydrogen (secondary N) is 1. The molecule has 0 aliphatic carbocycles. The summed E-state index contributed by atoms with van der Waals surface area (Å²) >= 11 is 0. The topological polar surface area (TPSA) is 18.5 Å². The highest BCUT2D eigenvalue weighted by atomic mass is 15.2. The van der Waals surface area contributed by atoms with E-state index in [1.807, 2.05) is 0 Å². The van der Waals surface area contributed by atoms with Gasteiger partial charge in [-0.1, -0.05) is 20.3 Å². The number of likely N-dealkylation sites (tertiary alicyclic amines) is 2. The zero-order valence-corrected chi connectivity index (χ0v) is 13.2. The van der Waals surface area contributed by atoms with E-state index in [4.69, 9.17) is 0 Å². The summed E-state index contributed by atoms with van der Waals surface area (Å²) in [7, 11) is 2.31. The average Bonchev–Trinajstić information content (AvgIpc) is 2.40. The monoisotopic (exact) mass is 267 g/mol. The molecule has 1 N–H and O–H groups in total. The van der Waals surface area contributed by atoms with Gasteiger partial charge in [-0.2, -0.15) is 0 Å². The van der Waals surface area contributed by atoms with Crippen molar-refractivity contribution in [2.45, 2.75) is 58.0 Å². The van der Waals surface area contributed by atoms with Crippen molar-refractivity contribution in [1.29, 1.82) is 0 Å². The average molecular weight is 267 g/mol. The van der Waals surface area contributed by atoms with E-state index in [2.05, 4.69) is 36.0 Å². The van der Waals surface area contributed by atoms with E-state index in [1.165, 1.54) is 64.8 Å². The molecule has 2 fully saturated rings. The van der Waals surface area contributed by atoms with Crippen LogP contribution in [0.4, 0.5) is 0 Å². The molecule has 0 saturated carbocycles. The lowest BCUT2D eigenvalue weighted by Crippen LogP contribution is -2.52. The zero-order chi connectivity index (χ0) is 13.7. The van der Waals surface area contributed by atoms with E-state index >= 15 is 0 Å². The van der Waals surface area contributed by atoms with Gasteiger partial charge >= 0.3 is 0 Å². The summed E-state index contributed by atoms with van der Waals surface area (Å²) < 4.78 is 0. The predicted molar refractivity (Wildman–Crippen MR) is 82.6 cm³/mol. The Morgan fingerprint density at radius 2 is 2.00 bits per heavy atom. The second-order valence-electron chi connectivity index (χ2n) is 6.72. The molecule has 19 heavy (non-hydrogen) atoms. The minimum absolute atomic E-state index is 0.750. The molecule has 0 bridgehead atoms. The molecule has 2 aliphatic rings. The van der Waals surface area contributed by atoms with Gasteiger partial charge in [0.15, 0.2) is 0 Å². The van der Waals surface area contributed by atoms with Crippen LogP contribution in [0.3, 0.4) is 0 Å². The zero-order valence-electron chi connectivity index (χ0n) is 13.2. The normalized spacial score (nSPS) is 34.6. The van der Waals surface area contributed by atoms with E-state index in [0.29, 0.717) is 0 Å². The molecular formula is C16H33N3. The lowest BCUT2D eigenvalue weighted by atomic mass is 9.92. The highest BCUT2D eigenvalue weighted by Crippen LogP contribution is 2.21. The number of likely N-dealkylation sites (N-methyl/N-ethyl adjacent to an activating group) is 1. The third-order valence-electron chi connectivity index (χ3n) is 5.04. The Morgan fingerprint density at radius 3 is 2.68 bits per heavy atom. The van der Waals surface area contributed by atoms with E-state index in [1.54, 1.807) is 0 Å². The summed E-state index contributed by atoms with van der Waals surface area (Å²) in [5.41, 5.74) is 0. The number of hydrogen-bond donors (Lipinski definition) is 1. The summed E-state index contributed by atoms with van der Waals surface area (Å²) in [6, 6.07) is 1.56. The van der Waals surface area contributed by atoms with Crippen molar-refractivity contribution in [1.82, 2.24) is 15.1 Å². The molecule has 2 rings (SSSR count). The van der Waals surface area contributed by atoms with Crippen molar-refractivity contribution in [3.8, 4) is 0 Å². The van der Waals surface area contributed by atoms with Gasteiger partial charge in [0.1, 0.15) is 0 Å². The first kappa shape index (κ1) is 15.3. The quantitative estimate of drug-likeness (QED) is 0.824. The van der Waals surface area contributed by atoms with E-state index in [9.17, 15) is 0 Å². The Labute approximate surface area is 119 Å². The fourth-order valence-electron chi connectivity index (χ4n) is 3.70. The van der Waals surface area contributed by atoms with Crippen LogP contribution in [0.5, 0.6) is 0 Å². The number of rotatable bonds is 5. The fraction of sp³-hybridized carbons (Fsp3) is 1.00. The molecule has 112 valence electrons. The van der Waals surface area contributed by atoms with Crippen LogP contribution in [0.15, 0.2) is 0 Å². The second-order valence-corrected chi connectivity index (χ2v) is 6.72. The minimum atomic E-state index is 0.750. The standard InChI is InChI=1S/C16H33N3/c1-4-9-17-16-8-11-19(12-14(16)2)13-15-7-5-6-10-18(15)3/h14-17H,4-13H2,1-3H3. The fourth-order valence-corrected chi connectivity index (χ4v) is 3.70. The van der Waals surface area contributed by atoms with E-state index in [-0.39, 0.29) is 0 Å². The third kappa shape index (κ3) is 4.44. The van der Waals surface area contributed by atoms with Crippen LogP contribution >= 0.6 is 0 Å². The van der Waals surface area contributed by atoms with Crippen molar-refractivity contribution >= 4 is 0 Å². The Kier molecular flexibility index (Phi) is 6.11. The maximum absolute atomic E-state index is 3.72. The molecule has 0 radical (unpaired) electrons. The summed E-state index contributed by atoms with van der Waals surface area (Å²) in [4.78, 5) is 5.29. The molecule has 0 amide bonds. The van der Waals surface area contributed by atoms with Crippen LogP contribution in [-0.4, -0.2) is 61.7 Å². The van der Waals surface area contributed by atoms with Crippen LogP contribution < -0.4 is 5.32 Å². The van der Waals surface area contributed by atoms with E-state index in [0.717, 1.165) is 18.0 Å². The third-order valence-corrected chi connectivity index (χ3v) is 5.04. The van der Waals surface area contributed by atoms with Gasteiger partial charge in [-0.25, -0.2) is 0 Å². The van der Waals surface area contributed by atoms with Crippen molar-refractivity contribution in [2.75, 3.05) is 39.8 Å². The molecule has 0 aromatic rings.